The van der Waals surface area contributed by atoms with E-state index in [9.17, 15) is 9.59 Å². The summed E-state index contributed by atoms with van der Waals surface area (Å²) in [4.78, 5) is 24.5. The van der Waals surface area contributed by atoms with Crippen molar-refractivity contribution in [3.63, 3.8) is 0 Å². The zero-order valence-corrected chi connectivity index (χ0v) is 13.0. The van der Waals surface area contributed by atoms with Gasteiger partial charge < -0.3 is 14.8 Å². The van der Waals surface area contributed by atoms with E-state index in [1.165, 1.54) is 16.9 Å². The van der Waals surface area contributed by atoms with E-state index in [0.717, 1.165) is 31.1 Å². The molecule has 0 saturated heterocycles. The number of fused-ring (bicyclic) bond motifs is 1. The van der Waals surface area contributed by atoms with Gasteiger partial charge in [0.05, 0.1) is 0 Å². The number of nitrogens with one attached hydrogen (secondary N) is 1. The Hall–Kier alpha value is -1.36. The maximum absolute atomic E-state index is 11.8. The van der Waals surface area contributed by atoms with E-state index >= 15 is 0 Å². The maximum Gasteiger partial charge on any atom is 0.408 e. The Morgan fingerprint density at radius 2 is 2.10 bits per heavy atom. The summed E-state index contributed by atoms with van der Waals surface area (Å²) in [5.41, 5.74) is 1.62. The van der Waals surface area contributed by atoms with E-state index in [1.54, 1.807) is 32.1 Å². The highest BCUT2D eigenvalue weighted by Crippen LogP contribution is 2.33. The number of hydrogen-bond donors (Lipinski definition) is 1. The number of hydrogen-bond acceptors (Lipinski definition) is 4. The molecule has 4 nitrogen and oxygen atoms in total. The van der Waals surface area contributed by atoms with Gasteiger partial charge in [0, 0.05) is 4.88 Å². The third-order valence-electron chi connectivity index (χ3n) is 3.24. The standard InChI is InChI=1S/C15H21NO3S/c1-15(2,3)19-14(18)16-12(8-17)11-9-20-13-7-5-4-6-10(11)13/h8-9,12H,4-7H2,1-3H3,(H,16,18). The second kappa shape index (κ2) is 5.95. The van der Waals surface area contributed by atoms with Gasteiger partial charge in [0.1, 0.15) is 17.9 Å². The van der Waals surface area contributed by atoms with E-state index in [2.05, 4.69) is 5.32 Å². The first-order valence-corrected chi connectivity index (χ1v) is 7.82. The lowest BCUT2D eigenvalue weighted by atomic mass is 9.93. The van der Waals surface area contributed by atoms with Gasteiger partial charge in [-0.1, -0.05) is 0 Å². The third kappa shape index (κ3) is 3.60. The summed E-state index contributed by atoms with van der Waals surface area (Å²) < 4.78 is 5.21. The fourth-order valence-corrected chi connectivity index (χ4v) is 3.58. The Kier molecular flexibility index (Phi) is 4.48. The van der Waals surface area contributed by atoms with E-state index < -0.39 is 17.7 Å². The lowest BCUT2D eigenvalue weighted by Crippen LogP contribution is -2.35. The van der Waals surface area contributed by atoms with Gasteiger partial charge in [0.15, 0.2) is 0 Å². The molecule has 110 valence electrons. The van der Waals surface area contributed by atoms with Gasteiger partial charge in [-0.15, -0.1) is 11.3 Å². The van der Waals surface area contributed by atoms with Gasteiger partial charge in [-0.2, -0.15) is 0 Å². The highest BCUT2D eigenvalue weighted by molar-refractivity contribution is 7.10. The van der Waals surface area contributed by atoms with Crippen molar-refractivity contribution >= 4 is 23.7 Å². The summed E-state index contributed by atoms with van der Waals surface area (Å²) in [6.45, 7) is 5.40. The predicted octanol–water partition coefficient (Wildman–Crippen LogP) is 3.39. The van der Waals surface area contributed by atoms with Crippen LogP contribution in [0.1, 0.15) is 55.7 Å². The number of rotatable bonds is 3. The van der Waals surface area contributed by atoms with Gasteiger partial charge in [-0.05, 0) is 63.0 Å². The van der Waals surface area contributed by atoms with Crippen molar-refractivity contribution in [3.8, 4) is 0 Å². The molecule has 0 fully saturated rings. The molecule has 1 aliphatic rings. The molecule has 0 aromatic carbocycles. The molecule has 1 N–H and O–H groups in total. The lowest BCUT2D eigenvalue weighted by molar-refractivity contribution is -0.109. The molecule has 2 rings (SSSR count). The van der Waals surface area contributed by atoms with Crippen LogP contribution in [0.4, 0.5) is 4.79 Å². The second-order valence-corrected chi connectivity index (χ2v) is 7.02. The zero-order chi connectivity index (χ0) is 14.8. The number of thiophene rings is 1. The van der Waals surface area contributed by atoms with Gasteiger partial charge in [0.2, 0.25) is 0 Å². The first-order chi connectivity index (χ1) is 9.40. The molecule has 1 atom stereocenters. The van der Waals surface area contributed by atoms with Gasteiger partial charge in [-0.3, -0.25) is 0 Å². The Morgan fingerprint density at radius 3 is 2.75 bits per heavy atom. The lowest BCUT2D eigenvalue weighted by Gasteiger charge is -2.22. The van der Waals surface area contributed by atoms with Crippen molar-refractivity contribution in [2.75, 3.05) is 0 Å². The number of amides is 1. The molecular formula is C15H21NO3S. The molecule has 0 spiro atoms. The molecule has 0 aliphatic heterocycles. The molecule has 1 aromatic heterocycles. The van der Waals surface area contributed by atoms with Crippen molar-refractivity contribution in [1.82, 2.24) is 5.32 Å². The molecule has 1 amide bonds. The van der Waals surface area contributed by atoms with Crippen LogP contribution in [0.3, 0.4) is 0 Å². The van der Waals surface area contributed by atoms with E-state index in [4.69, 9.17) is 4.74 Å². The zero-order valence-electron chi connectivity index (χ0n) is 12.2. The van der Waals surface area contributed by atoms with Gasteiger partial charge >= 0.3 is 6.09 Å². The predicted molar refractivity (Wildman–Crippen MR) is 79.1 cm³/mol. The largest absolute Gasteiger partial charge is 0.444 e. The molecule has 0 radical (unpaired) electrons. The summed E-state index contributed by atoms with van der Waals surface area (Å²) in [6.07, 6.45) is 4.66. The van der Waals surface area contributed by atoms with Crippen LogP contribution in [0.5, 0.6) is 0 Å². The van der Waals surface area contributed by atoms with Crippen LogP contribution in [0.2, 0.25) is 0 Å². The Balaban J connectivity index is 2.11. The highest BCUT2D eigenvalue weighted by atomic mass is 32.1. The summed E-state index contributed by atoms with van der Waals surface area (Å²) >= 11 is 1.68. The smallest absolute Gasteiger partial charge is 0.408 e. The average molecular weight is 295 g/mol. The molecule has 1 aromatic rings. The molecule has 0 saturated carbocycles. The monoisotopic (exact) mass is 295 g/mol. The van der Waals surface area contributed by atoms with E-state index in [0.29, 0.717) is 0 Å². The van der Waals surface area contributed by atoms with Gasteiger partial charge in [0.25, 0.3) is 0 Å². The van der Waals surface area contributed by atoms with Crippen molar-refractivity contribution in [1.29, 1.82) is 0 Å². The Bertz CT molecular complexity index is 502. The number of ether oxygens (including phenoxy) is 1. The van der Waals surface area contributed by atoms with Crippen LogP contribution >= 0.6 is 11.3 Å². The van der Waals surface area contributed by atoms with Crippen molar-refractivity contribution < 1.29 is 14.3 Å². The summed E-state index contributed by atoms with van der Waals surface area (Å²) in [7, 11) is 0. The van der Waals surface area contributed by atoms with Crippen LogP contribution in [0.25, 0.3) is 0 Å². The number of carbonyl (C=O) groups excluding carboxylic acids is 2. The molecule has 5 heteroatoms. The van der Waals surface area contributed by atoms with Crippen LogP contribution in [-0.4, -0.2) is 18.0 Å². The first kappa shape index (κ1) is 15.0. The minimum Gasteiger partial charge on any atom is -0.444 e. The minimum absolute atomic E-state index is 0.551. The summed E-state index contributed by atoms with van der Waals surface area (Å²) in [5, 5.41) is 4.65. The molecule has 1 heterocycles. The Labute approximate surface area is 123 Å². The van der Waals surface area contributed by atoms with Crippen molar-refractivity contribution in [3.05, 3.63) is 21.4 Å². The van der Waals surface area contributed by atoms with Crippen LogP contribution in [0.15, 0.2) is 5.38 Å². The highest BCUT2D eigenvalue weighted by Gasteiger charge is 2.25. The summed E-state index contributed by atoms with van der Waals surface area (Å²) in [5.74, 6) is 0. The maximum atomic E-state index is 11.8. The van der Waals surface area contributed by atoms with Crippen LogP contribution in [-0.2, 0) is 22.4 Å². The number of alkyl carbamates (subject to hydrolysis) is 1. The molecule has 20 heavy (non-hydrogen) atoms. The quantitative estimate of drug-likeness (QED) is 0.870. The third-order valence-corrected chi connectivity index (χ3v) is 4.34. The van der Waals surface area contributed by atoms with E-state index in [-0.39, 0.29) is 0 Å². The Morgan fingerprint density at radius 1 is 1.40 bits per heavy atom. The molecular weight excluding hydrogens is 274 g/mol. The first-order valence-electron chi connectivity index (χ1n) is 6.94. The number of aldehydes is 1. The average Bonchev–Trinajstić information content (AvgIpc) is 2.77. The van der Waals surface area contributed by atoms with Crippen molar-refractivity contribution in [2.24, 2.45) is 0 Å². The number of aryl methyl sites for hydroxylation is 1. The van der Waals surface area contributed by atoms with Gasteiger partial charge in [-0.25, -0.2) is 4.79 Å². The normalized spacial score (nSPS) is 16.1. The fraction of sp³-hybridized carbons (Fsp3) is 0.600. The topological polar surface area (TPSA) is 55.4 Å². The molecule has 1 unspecified atom stereocenters. The SMILES string of the molecule is CC(C)(C)OC(=O)NC(C=O)c1csc2c1CCCC2. The number of carbonyl (C=O) groups is 2. The second-order valence-electron chi connectivity index (χ2n) is 6.06. The van der Waals surface area contributed by atoms with Crippen molar-refractivity contribution in [2.45, 2.75) is 58.1 Å². The fourth-order valence-electron chi connectivity index (χ4n) is 2.40. The summed E-state index contributed by atoms with van der Waals surface area (Å²) in [6, 6.07) is -0.608. The van der Waals surface area contributed by atoms with E-state index in [1.807, 2.05) is 5.38 Å². The van der Waals surface area contributed by atoms with Crippen LogP contribution < -0.4 is 5.32 Å². The molecule has 1 aliphatic carbocycles. The van der Waals surface area contributed by atoms with Crippen LogP contribution in [0, 0.1) is 0 Å². The molecule has 0 bridgehead atoms. The minimum atomic E-state index is -0.608.